The van der Waals surface area contributed by atoms with Gasteiger partial charge in [-0.25, -0.2) is 0 Å². The van der Waals surface area contributed by atoms with Crippen molar-refractivity contribution in [2.45, 2.75) is 52.4 Å². The highest BCUT2D eigenvalue weighted by Gasteiger charge is 2.11. The van der Waals surface area contributed by atoms with Gasteiger partial charge in [-0.15, -0.1) is 6.42 Å². The maximum atomic E-state index is 12.0. The molecule has 1 amide bonds. The zero-order valence-electron chi connectivity index (χ0n) is 12.0. The van der Waals surface area contributed by atoms with Crippen molar-refractivity contribution < 1.29 is 4.79 Å². The average molecular weight is 252 g/mol. The Labute approximate surface area is 112 Å². The van der Waals surface area contributed by atoms with Crippen LogP contribution in [0.4, 0.5) is 0 Å². The normalized spacial score (nSPS) is 10.1. The summed E-state index contributed by atoms with van der Waals surface area (Å²) in [5, 5.41) is 2.97. The molecule has 0 bridgehead atoms. The van der Waals surface area contributed by atoms with Gasteiger partial charge in [-0.3, -0.25) is 10.1 Å². The molecule has 0 spiro atoms. The molecule has 0 saturated heterocycles. The number of hydrogen-bond acceptors (Lipinski definition) is 2. The van der Waals surface area contributed by atoms with Crippen LogP contribution in [0.25, 0.3) is 0 Å². The van der Waals surface area contributed by atoms with Gasteiger partial charge in [0.2, 0.25) is 5.91 Å². The first-order valence-corrected chi connectivity index (χ1v) is 7.18. The molecule has 0 aliphatic carbocycles. The fourth-order valence-corrected chi connectivity index (χ4v) is 1.82. The van der Waals surface area contributed by atoms with E-state index in [0.29, 0.717) is 13.1 Å². The minimum absolute atomic E-state index is 0.178. The van der Waals surface area contributed by atoms with Crippen molar-refractivity contribution in [3.05, 3.63) is 0 Å². The smallest absolute Gasteiger partial charge is 0.236 e. The number of nitrogens with zero attached hydrogens (tertiary/aromatic N) is 1. The van der Waals surface area contributed by atoms with Gasteiger partial charge in [0.15, 0.2) is 0 Å². The molecule has 3 nitrogen and oxygen atoms in total. The van der Waals surface area contributed by atoms with Gasteiger partial charge in [0, 0.05) is 13.1 Å². The summed E-state index contributed by atoms with van der Waals surface area (Å²) in [5.74, 6) is 2.66. The molecule has 104 valence electrons. The Morgan fingerprint density at radius 2 is 1.67 bits per heavy atom. The number of hydrogen-bond donors (Lipinski definition) is 1. The lowest BCUT2D eigenvalue weighted by atomic mass is 10.2. The predicted octanol–water partition coefficient (Wildman–Crippen LogP) is 2.42. The molecule has 0 aromatic rings. The lowest BCUT2D eigenvalue weighted by Crippen LogP contribution is -2.39. The third kappa shape index (κ3) is 9.07. The molecular formula is C15H28N2O. The van der Waals surface area contributed by atoms with Crippen molar-refractivity contribution in [2.24, 2.45) is 0 Å². The zero-order valence-corrected chi connectivity index (χ0v) is 12.0. The van der Waals surface area contributed by atoms with Gasteiger partial charge < -0.3 is 4.90 Å². The molecule has 0 fully saturated rings. The summed E-state index contributed by atoms with van der Waals surface area (Å²) in [4.78, 5) is 14.0. The zero-order chi connectivity index (χ0) is 13.6. The molecular weight excluding hydrogens is 224 g/mol. The fourth-order valence-electron chi connectivity index (χ4n) is 1.82. The van der Waals surface area contributed by atoms with E-state index in [1.54, 1.807) is 0 Å². The number of carbonyl (C=O) groups excluding carboxylic acids is 1. The molecule has 18 heavy (non-hydrogen) atoms. The summed E-state index contributed by atoms with van der Waals surface area (Å²) in [6.45, 7) is 6.95. The van der Waals surface area contributed by atoms with E-state index >= 15 is 0 Å². The van der Waals surface area contributed by atoms with Crippen LogP contribution < -0.4 is 5.32 Å². The summed E-state index contributed by atoms with van der Waals surface area (Å²) in [6, 6.07) is 0. The SMILES string of the molecule is C#CCNCC(=O)N(CCCCC)CCCCC. The Morgan fingerprint density at radius 3 is 2.11 bits per heavy atom. The Hall–Kier alpha value is -1.01. The van der Waals surface area contributed by atoms with Gasteiger partial charge in [-0.05, 0) is 12.8 Å². The number of unbranched alkanes of at least 4 members (excludes halogenated alkanes) is 4. The van der Waals surface area contributed by atoms with E-state index in [0.717, 1.165) is 25.9 Å². The van der Waals surface area contributed by atoms with E-state index in [9.17, 15) is 4.79 Å². The third-order valence-corrected chi connectivity index (χ3v) is 2.92. The standard InChI is InChI=1S/C15H28N2O/c1-4-7-9-12-17(13-10-8-5-2)15(18)14-16-11-6-3/h3,16H,4-5,7-14H2,1-2H3. The number of amides is 1. The average Bonchev–Trinajstić information content (AvgIpc) is 2.37. The highest BCUT2D eigenvalue weighted by atomic mass is 16.2. The number of rotatable bonds is 11. The van der Waals surface area contributed by atoms with Crippen LogP contribution in [0, 0.1) is 12.3 Å². The summed E-state index contributed by atoms with van der Waals surface area (Å²) in [6.07, 6.45) is 12.1. The minimum Gasteiger partial charge on any atom is -0.342 e. The van der Waals surface area contributed by atoms with Crippen LogP contribution >= 0.6 is 0 Å². The van der Waals surface area contributed by atoms with Crippen LogP contribution in [0.3, 0.4) is 0 Å². The Balaban J connectivity index is 3.99. The van der Waals surface area contributed by atoms with Gasteiger partial charge >= 0.3 is 0 Å². The van der Waals surface area contributed by atoms with E-state index in [1.807, 2.05) is 4.90 Å². The van der Waals surface area contributed by atoms with Crippen LogP contribution in [-0.2, 0) is 4.79 Å². The predicted molar refractivity (Wildman–Crippen MR) is 77.3 cm³/mol. The van der Waals surface area contributed by atoms with Gasteiger partial charge in [0.25, 0.3) is 0 Å². The van der Waals surface area contributed by atoms with Crippen molar-refractivity contribution >= 4 is 5.91 Å². The van der Waals surface area contributed by atoms with Crippen molar-refractivity contribution in [1.82, 2.24) is 10.2 Å². The first-order chi connectivity index (χ1) is 8.76. The summed E-state index contributed by atoms with van der Waals surface area (Å²) >= 11 is 0. The van der Waals surface area contributed by atoms with E-state index in [1.165, 1.54) is 25.7 Å². The molecule has 0 aromatic carbocycles. The summed E-state index contributed by atoms with van der Waals surface area (Å²) in [5.41, 5.74) is 0. The summed E-state index contributed by atoms with van der Waals surface area (Å²) in [7, 11) is 0. The Morgan fingerprint density at radius 1 is 1.11 bits per heavy atom. The monoisotopic (exact) mass is 252 g/mol. The second-order valence-corrected chi connectivity index (χ2v) is 4.60. The topological polar surface area (TPSA) is 32.3 Å². The molecule has 0 aliphatic heterocycles. The fraction of sp³-hybridized carbons (Fsp3) is 0.800. The maximum Gasteiger partial charge on any atom is 0.236 e. The van der Waals surface area contributed by atoms with Crippen LogP contribution in [0.15, 0.2) is 0 Å². The number of carbonyl (C=O) groups is 1. The van der Waals surface area contributed by atoms with Crippen molar-refractivity contribution in [3.8, 4) is 12.3 Å². The lowest BCUT2D eigenvalue weighted by molar-refractivity contribution is -0.130. The Kier molecular flexibility index (Phi) is 11.7. The molecule has 0 radical (unpaired) electrons. The Bertz CT molecular complexity index is 235. The molecule has 0 atom stereocenters. The summed E-state index contributed by atoms with van der Waals surface area (Å²) < 4.78 is 0. The molecule has 0 heterocycles. The third-order valence-electron chi connectivity index (χ3n) is 2.92. The molecule has 1 N–H and O–H groups in total. The van der Waals surface area contributed by atoms with Crippen molar-refractivity contribution in [3.63, 3.8) is 0 Å². The molecule has 0 aromatic heterocycles. The van der Waals surface area contributed by atoms with Gasteiger partial charge in [0.1, 0.15) is 0 Å². The van der Waals surface area contributed by atoms with E-state index in [4.69, 9.17) is 6.42 Å². The highest BCUT2D eigenvalue weighted by molar-refractivity contribution is 5.78. The van der Waals surface area contributed by atoms with E-state index in [2.05, 4.69) is 25.1 Å². The molecule has 0 aliphatic rings. The number of nitrogens with one attached hydrogen (secondary N) is 1. The number of terminal acetylenes is 1. The minimum atomic E-state index is 0.178. The van der Waals surface area contributed by atoms with Crippen LogP contribution in [0.5, 0.6) is 0 Å². The van der Waals surface area contributed by atoms with Gasteiger partial charge in [-0.2, -0.15) is 0 Å². The van der Waals surface area contributed by atoms with Gasteiger partial charge in [-0.1, -0.05) is 45.5 Å². The molecule has 0 saturated carbocycles. The molecule has 0 rings (SSSR count). The second-order valence-electron chi connectivity index (χ2n) is 4.60. The lowest BCUT2D eigenvalue weighted by Gasteiger charge is -2.22. The maximum absolute atomic E-state index is 12.0. The molecule has 0 unspecified atom stereocenters. The van der Waals surface area contributed by atoms with Crippen molar-refractivity contribution in [2.75, 3.05) is 26.2 Å². The highest BCUT2D eigenvalue weighted by Crippen LogP contribution is 2.03. The van der Waals surface area contributed by atoms with Crippen LogP contribution in [0.2, 0.25) is 0 Å². The van der Waals surface area contributed by atoms with E-state index < -0.39 is 0 Å². The second kappa shape index (κ2) is 12.4. The van der Waals surface area contributed by atoms with Crippen LogP contribution in [-0.4, -0.2) is 37.0 Å². The van der Waals surface area contributed by atoms with Crippen LogP contribution in [0.1, 0.15) is 52.4 Å². The van der Waals surface area contributed by atoms with Gasteiger partial charge in [0.05, 0.1) is 13.1 Å². The quantitative estimate of drug-likeness (QED) is 0.452. The molecule has 3 heteroatoms. The first-order valence-electron chi connectivity index (χ1n) is 7.18. The van der Waals surface area contributed by atoms with Crippen molar-refractivity contribution in [1.29, 1.82) is 0 Å². The van der Waals surface area contributed by atoms with E-state index in [-0.39, 0.29) is 5.91 Å². The largest absolute Gasteiger partial charge is 0.342 e. The first kappa shape index (κ1) is 17.0.